The van der Waals surface area contributed by atoms with Crippen LogP contribution >= 0.6 is 0 Å². The first-order valence-corrected chi connectivity index (χ1v) is 8.01. The van der Waals surface area contributed by atoms with Crippen LogP contribution in [0.25, 0.3) is 0 Å². The average Bonchev–Trinajstić information content (AvgIpc) is 2.37. The molecule has 0 amide bonds. The molecule has 2 nitrogen and oxygen atoms in total. The summed E-state index contributed by atoms with van der Waals surface area (Å²) in [4.78, 5) is 3.63. The van der Waals surface area contributed by atoms with Crippen molar-refractivity contribution in [2.45, 2.75) is 51.5 Å². The summed E-state index contributed by atoms with van der Waals surface area (Å²) in [6.45, 7) is 2.30. The van der Waals surface area contributed by atoms with Gasteiger partial charge in [-0.3, -0.25) is 0 Å². The van der Waals surface area contributed by atoms with Crippen LogP contribution in [0.2, 0.25) is 0 Å². The number of hydrogen-bond donors (Lipinski definition) is 1. The molecule has 0 spiro atoms. The molecule has 1 aromatic heterocycles. The minimum Gasteiger partial charge on any atom is -0.382 e. The Kier molecular flexibility index (Phi) is 2.80. The van der Waals surface area contributed by atoms with Crippen molar-refractivity contribution in [3.63, 3.8) is 0 Å². The van der Waals surface area contributed by atoms with Gasteiger partial charge in [0, 0.05) is 24.0 Å². The molecule has 1 atom stereocenters. The third-order valence-electron chi connectivity index (χ3n) is 6.11. The Morgan fingerprint density at radius 3 is 2.35 bits per heavy atom. The van der Waals surface area contributed by atoms with Crippen molar-refractivity contribution < 1.29 is 4.39 Å². The predicted octanol–water partition coefficient (Wildman–Crippen LogP) is 4.24. The fourth-order valence-corrected chi connectivity index (χ4v) is 5.60. The summed E-state index contributed by atoms with van der Waals surface area (Å²) in [5.74, 6) is 2.48. The summed E-state index contributed by atoms with van der Waals surface area (Å²) in [7, 11) is 0. The Bertz CT molecular complexity index is 478. The molecule has 4 aliphatic carbocycles. The fraction of sp³-hybridized carbons (Fsp3) is 0.706. The molecule has 1 heterocycles. The van der Waals surface area contributed by atoms with Gasteiger partial charge in [-0.2, -0.15) is 4.39 Å². The largest absolute Gasteiger partial charge is 0.382 e. The van der Waals surface area contributed by atoms with Gasteiger partial charge in [-0.15, -0.1) is 0 Å². The number of hydrogen-bond acceptors (Lipinski definition) is 2. The van der Waals surface area contributed by atoms with Gasteiger partial charge < -0.3 is 5.32 Å². The van der Waals surface area contributed by atoms with Crippen molar-refractivity contribution in [1.29, 1.82) is 0 Å². The molecule has 4 fully saturated rings. The van der Waals surface area contributed by atoms with Crippen LogP contribution in [0, 0.1) is 29.1 Å². The van der Waals surface area contributed by atoms with Gasteiger partial charge in [-0.1, -0.05) is 0 Å². The molecule has 4 aliphatic rings. The van der Waals surface area contributed by atoms with Gasteiger partial charge in [0.05, 0.1) is 0 Å². The van der Waals surface area contributed by atoms with E-state index in [-0.39, 0.29) is 0 Å². The van der Waals surface area contributed by atoms with Gasteiger partial charge in [-0.25, -0.2) is 4.98 Å². The number of halogens is 1. The summed E-state index contributed by atoms with van der Waals surface area (Å²) in [6.07, 6.45) is 10.1. The minimum absolute atomic E-state index is 0.396. The summed E-state index contributed by atoms with van der Waals surface area (Å²) in [6, 6.07) is 3.81. The van der Waals surface area contributed by atoms with Crippen molar-refractivity contribution >= 4 is 5.69 Å². The highest BCUT2D eigenvalue weighted by molar-refractivity contribution is 5.42. The van der Waals surface area contributed by atoms with E-state index in [0.29, 0.717) is 11.5 Å². The first-order chi connectivity index (χ1) is 9.63. The zero-order chi connectivity index (χ0) is 13.7. The Morgan fingerprint density at radius 2 is 1.80 bits per heavy atom. The molecule has 1 N–H and O–H groups in total. The molecule has 1 unspecified atom stereocenters. The van der Waals surface area contributed by atoms with E-state index in [9.17, 15) is 4.39 Å². The Morgan fingerprint density at radius 1 is 1.20 bits per heavy atom. The highest BCUT2D eigenvalue weighted by Crippen LogP contribution is 2.61. The lowest BCUT2D eigenvalue weighted by Crippen LogP contribution is -2.52. The van der Waals surface area contributed by atoms with E-state index in [4.69, 9.17) is 0 Å². The SMILES string of the molecule is CC(Nc1ccnc(F)c1)C12CC3CC(CC(C3)C1)C2. The first kappa shape index (κ1) is 12.6. The molecule has 4 saturated carbocycles. The van der Waals surface area contributed by atoms with E-state index < -0.39 is 5.95 Å². The molecule has 3 heteroatoms. The molecule has 5 rings (SSSR count). The van der Waals surface area contributed by atoms with Crippen molar-refractivity contribution in [2.24, 2.45) is 23.2 Å². The van der Waals surface area contributed by atoms with Crippen LogP contribution in [0.1, 0.15) is 45.4 Å². The standard InChI is InChI=1S/C17H23FN2/c1-11(20-15-2-3-19-16(18)7-15)17-8-12-4-13(9-17)6-14(5-12)10-17/h2-3,7,11-14H,4-6,8-10H2,1H3,(H,19,20). The molecule has 0 radical (unpaired) electrons. The summed E-state index contributed by atoms with van der Waals surface area (Å²) in [5.41, 5.74) is 1.33. The minimum atomic E-state index is -0.396. The normalized spacial score (nSPS) is 39.8. The number of pyridine rings is 1. The molecular formula is C17H23FN2. The molecule has 4 bridgehead atoms. The molecule has 108 valence electrons. The zero-order valence-corrected chi connectivity index (χ0v) is 12.1. The smallest absolute Gasteiger partial charge is 0.214 e. The fourth-order valence-electron chi connectivity index (χ4n) is 5.60. The highest BCUT2D eigenvalue weighted by Gasteiger charge is 2.53. The highest BCUT2D eigenvalue weighted by atomic mass is 19.1. The Balaban J connectivity index is 1.54. The van der Waals surface area contributed by atoms with Crippen molar-refractivity contribution in [3.8, 4) is 0 Å². The van der Waals surface area contributed by atoms with Crippen LogP contribution in [0.5, 0.6) is 0 Å². The lowest BCUT2D eigenvalue weighted by atomic mass is 9.48. The second kappa shape index (κ2) is 4.44. The van der Waals surface area contributed by atoms with Gasteiger partial charge >= 0.3 is 0 Å². The maximum atomic E-state index is 13.2. The summed E-state index contributed by atoms with van der Waals surface area (Å²) < 4.78 is 13.2. The third kappa shape index (κ3) is 2.02. The number of rotatable bonds is 3. The van der Waals surface area contributed by atoms with Crippen LogP contribution in [0.4, 0.5) is 10.1 Å². The number of nitrogens with one attached hydrogen (secondary N) is 1. The predicted molar refractivity (Wildman–Crippen MR) is 77.9 cm³/mol. The van der Waals surface area contributed by atoms with Crippen molar-refractivity contribution in [3.05, 3.63) is 24.3 Å². The van der Waals surface area contributed by atoms with Gasteiger partial charge in [0.15, 0.2) is 0 Å². The maximum Gasteiger partial charge on any atom is 0.214 e. The van der Waals surface area contributed by atoms with E-state index in [1.165, 1.54) is 44.6 Å². The summed E-state index contributed by atoms with van der Waals surface area (Å²) in [5, 5.41) is 3.56. The van der Waals surface area contributed by atoms with Gasteiger partial charge in [0.1, 0.15) is 0 Å². The van der Waals surface area contributed by atoms with Gasteiger partial charge in [-0.05, 0) is 74.7 Å². The van der Waals surface area contributed by atoms with E-state index in [1.807, 2.05) is 6.07 Å². The lowest BCUT2D eigenvalue weighted by molar-refractivity contribution is -0.0602. The average molecular weight is 274 g/mol. The number of aromatic nitrogens is 1. The van der Waals surface area contributed by atoms with E-state index >= 15 is 0 Å². The Hall–Kier alpha value is -1.12. The molecule has 1 aromatic rings. The van der Waals surface area contributed by atoms with Crippen LogP contribution in [0.15, 0.2) is 18.3 Å². The second-order valence-corrected chi connectivity index (χ2v) is 7.51. The summed E-state index contributed by atoms with van der Waals surface area (Å²) >= 11 is 0. The van der Waals surface area contributed by atoms with E-state index in [1.54, 1.807) is 6.20 Å². The van der Waals surface area contributed by atoms with Gasteiger partial charge in [0.25, 0.3) is 0 Å². The third-order valence-corrected chi connectivity index (χ3v) is 6.11. The second-order valence-electron chi connectivity index (χ2n) is 7.51. The molecule has 20 heavy (non-hydrogen) atoms. The first-order valence-electron chi connectivity index (χ1n) is 8.01. The monoisotopic (exact) mass is 274 g/mol. The van der Waals surface area contributed by atoms with Crippen LogP contribution in [-0.4, -0.2) is 11.0 Å². The van der Waals surface area contributed by atoms with Crippen molar-refractivity contribution in [2.75, 3.05) is 5.32 Å². The molecule has 0 aromatic carbocycles. The topological polar surface area (TPSA) is 24.9 Å². The number of anilines is 1. The van der Waals surface area contributed by atoms with Gasteiger partial charge in [0.2, 0.25) is 5.95 Å². The quantitative estimate of drug-likeness (QED) is 0.834. The lowest BCUT2D eigenvalue weighted by Gasteiger charge is -2.59. The molecule has 0 aliphatic heterocycles. The maximum absolute atomic E-state index is 13.2. The van der Waals surface area contributed by atoms with Crippen LogP contribution in [-0.2, 0) is 0 Å². The van der Waals surface area contributed by atoms with Crippen LogP contribution < -0.4 is 5.32 Å². The van der Waals surface area contributed by atoms with Crippen molar-refractivity contribution in [1.82, 2.24) is 4.98 Å². The molecule has 0 saturated heterocycles. The number of nitrogens with zero attached hydrogens (tertiary/aromatic N) is 1. The van der Waals surface area contributed by atoms with E-state index in [0.717, 1.165) is 23.4 Å². The van der Waals surface area contributed by atoms with Crippen LogP contribution in [0.3, 0.4) is 0 Å². The zero-order valence-electron chi connectivity index (χ0n) is 12.1. The Labute approximate surface area is 120 Å². The van der Waals surface area contributed by atoms with E-state index in [2.05, 4.69) is 17.2 Å². The molecular weight excluding hydrogens is 251 g/mol.